The van der Waals surface area contributed by atoms with Gasteiger partial charge in [-0.1, -0.05) is 15.9 Å². The average Bonchev–Trinajstić information content (AvgIpc) is 2.42. The van der Waals surface area contributed by atoms with Crippen LogP contribution in [0.2, 0.25) is 0 Å². The van der Waals surface area contributed by atoms with E-state index in [9.17, 15) is 9.18 Å². The number of rotatable bonds is 3. The first kappa shape index (κ1) is 15.0. The van der Waals surface area contributed by atoms with Gasteiger partial charge in [-0.25, -0.2) is 4.39 Å². The van der Waals surface area contributed by atoms with Crippen LogP contribution in [0.4, 0.5) is 10.1 Å². The summed E-state index contributed by atoms with van der Waals surface area (Å²) >= 11 is 6.52. The highest BCUT2D eigenvalue weighted by molar-refractivity contribution is 9.10. The first-order valence-electron chi connectivity index (χ1n) is 5.74. The van der Waals surface area contributed by atoms with Crippen molar-refractivity contribution in [2.24, 2.45) is 0 Å². The van der Waals surface area contributed by atoms with Gasteiger partial charge < -0.3 is 11.1 Å². The minimum atomic E-state index is -0.358. The second-order valence-corrected chi connectivity index (χ2v) is 5.92. The molecule has 0 aliphatic carbocycles. The van der Waals surface area contributed by atoms with Crippen LogP contribution in [-0.4, -0.2) is 5.91 Å². The highest BCUT2D eigenvalue weighted by Crippen LogP contribution is 2.20. The number of nitrogen functional groups attached to an aromatic ring is 1. The molecule has 0 heterocycles. The van der Waals surface area contributed by atoms with Crippen molar-refractivity contribution in [2.75, 3.05) is 5.73 Å². The fourth-order valence-corrected chi connectivity index (χ4v) is 2.30. The molecule has 1 amide bonds. The molecule has 0 bridgehead atoms. The Hall–Kier alpha value is -1.40. The molecule has 0 atom stereocenters. The van der Waals surface area contributed by atoms with Crippen LogP contribution in [0.1, 0.15) is 15.9 Å². The minimum Gasteiger partial charge on any atom is -0.398 e. The van der Waals surface area contributed by atoms with Gasteiger partial charge in [0.25, 0.3) is 5.91 Å². The molecule has 0 unspecified atom stereocenters. The van der Waals surface area contributed by atoms with Crippen LogP contribution in [-0.2, 0) is 6.54 Å². The summed E-state index contributed by atoms with van der Waals surface area (Å²) in [7, 11) is 0. The van der Waals surface area contributed by atoms with E-state index in [2.05, 4.69) is 37.2 Å². The zero-order chi connectivity index (χ0) is 14.7. The number of nitrogens with two attached hydrogens (primary N) is 1. The molecule has 0 saturated carbocycles. The van der Waals surface area contributed by atoms with E-state index in [4.69, 9.17) is 5.73 Å². The predicted octanol–water partition coefficient (Wildman–Crippen LogP) is 3.86. The number of carbonyl (C=O) groups is 1. The van der Waals surface area contributed by atoms with Crippen molar-refractivity contribution in [3.8, 4) is 0 Å². The lowest BCUT2D eigenvalue weighted by molar-refractivity contribution is 0.0950. The molecule has 0 aromatic heterocycles. The largest absolute Gasteiger partial charge is 0.398 e. The fraction of sp³-hybridized carbons (Fsp3) is 0.0714. The molecule has 0 saturated heterocycles. The van der Waals surface area contributed by atoms with Crippen LogP contribution in [0.15, 0.2) is 45.3 Å². The Labute approximate surface area is 132 Å². The summed E-state index contributed by atoms with van der Waals surface area (Å²) in [5.41, 5.74) is 7.04. The normalized spacial score (nSPS) is 10.3. The molecule has 2 aromatic carbocycles. The molecule has 3 N–H and O–H groups in total. The molecule has 0 aliphatic rings. The number of hydrogen-bond donors (Lipinski definition) is 2. The number of halogens is 3. The Bertz CT molecular complexity index is 662. The number of carbonyl (C=O) groups excluding carboxylic acids is 1. The molecular formula is C14H11Br2FN2O. The third-order valence-corrected chi connectivity index (χ3v) is 3.92. The summed E-state index contributed by atoms with van der Waals surface area (Å²) < 4.78 is 15.0. The van der Waals surface area contributed by atoms with E-state index in [0.717, 1.165) is 8.95 Å². The molecule has 2 aromatic rings. The van der Waals surface area contributed by atoms with Crippen LogP contribution in [0, 0.1) is 5.82 Å². The Morgan fingerprint density at radius 3 is 2.65 bits per heavy atom. The third-order valence-electron chi connectivity index (χ3n) is 2.71. The molecule has 0 aliphatic heterocycles. The van der Waals surface area contributed by atoms with E-state index in [-0.39, 0.29) is 18.3 Å². The van der Waals surface area contributed by atoms with Crippen LogP contribution in [0.3, 0.4) is 0 Å². The van der Waals surface area contributed by atoms with Crippen molar-refractivity contribution in [1.29, 1.82) is 0 Å². The Morgan fingerprint density at radius 2 is 1.95 bits per heavy atom. The highest BCUT2D eigenvalue weighted by Gasteiger charge is 2.09. The monoisotopic (exact) mass is 400 g/mol. The number of hydrogen-bond acceptors (Lipinski definition) is 2. The lowest BCUT2D eigenvalue weighted by Gasteiger charge is -2.08. The van der Waals surface area contributed by atoms with Gasteiger partial charge in [-0.3, -0.25) is 4.79 Å². The van der Waals surface area contributed by atoms with Gasteiger partial charge in [0, 0.05) is 32.3 Å². The van der Waals surface area contributed by atoms with Crippen molar-refractivity contribution in [3.05, 3.63) is 62.3 Å². The smallest absolute Gasteiger partial charge is 0.251 e. The van der Waals surface area contributed by atoms with Gasteiger partial charge in [-0.05, 0) is 52.3 Å². The molecular weight excluding hydrogens is 391 g/mol. The maximum Gasteiger partial charge on any atom is 0.251 e. The number of amides is 1. The maximum atomic E-state index is 13.5. The summed E-state index contributed by atoms with van der Waals surface area (Å²) in [5.74, 6) is -0.660. The average molecular weight is 402 g/mol. The zero-order valence-electron chi connectivity index (χ0n) is 10.3. The molecule has 2 rings (SSSR count). The Balaban J connectivity index is 2.08. The van der Waals surface area contributed by atoms with Crippen molar-refractivity contribution in [2.45, 2.75) is 6.54 Å². The first-order valence-corrected chi connectivity index (χ1v) is 7.33. The number of benzene rings is 2. The van der Waals surface area contributed by atoms with Crippen molar-refractivity contribution >= 4 is 43.5 Å². The molecule has 20 heavy (non-hydrogen) atoms. The van der Waals surface area contributed by atoms with Gasteiger partial charge in [-0.15, -0.1) is 0 Å². The van der Waals surface area contributed by atoms with Crippen LogP contribution < -0.4 is 11.1 Å². The van der Waals surface area contributed by atoms with Gasteiger partial charge in [0.1, 0.15) is 5.82 Å². The summed E-state index contributed by atoms with van der Waals surface area (Å²) in [6, 6.07) is 9.50. The van der Waals surface area contributed by atoms with E-state index in [1.807, 2.05) is 0 Å². The summed E-state index contributed by atoms with van der Waals surface area (Å²) in [4.78, 5) is 12.0. The predicted molar refractivity (Wildman–Crippen MR) is 83.8 cm³/mol. The van der Waals surface area contributed by atoms with Crippen LogP contribution in [0.5, 0.6) is 0 Å². The lowest BCUT2D eigenvalue weighted by atomic mass is 10.1. The Kier molecular flexibility index (Phi) is 4.77. The second-order valence-electron chi connectivity index (χ2n) is 4.15. The van der Waals surface area contributed by atoms with Gasteiger partial charge in [0.05, 0.1) is 0 Å². The second kappa shape index (κ2) is 6.37. The molecule has 0 fully saturated rings. The molecule has 0 spiro atoms. The SMILES string of the molecule is Nc1cc(C(=O)NCc2cc(Br)ccc2F)ccc1Br. The van der Waals surface area contributed by atoms with Crippen molar-refractivity contribution in [3.63, 3.8) is 0 Å². The zero-order valence-corrected chi connectivity index (χ0v) is 13.5. The molecule has 3 nitrogen and oxygen atoms in total. The van der Waals surface area contributed by atoms with Gasteiger partial charge in [-0.2, -0.15) is 0 Å². The maximum absolute atomic E-state index is 13.5. The van der Waals surface area contributed by atoms with E-state index < -0.39 is 0 Å². The van der Waals surface area contributed by atoms with Crippen LogP contribution >= 0.6 is 31.9 Å². The molecule has 6 heteroatoms. The standard InChI is InChI=1S/C14H11Br2FN2O/c15-10-2-4-12(17)9(5-10)7-19-14(20)8-1-3-11(16)13(18)6-8/h1-6H,7,18H2,(H,19,20). The van der Waals surface area contributed by atoms with Crippen LogP contribution in [0.25, 0.3) is 0 Å². The number of anilines is 1. The van der Waals surface area contributed by atoms with Crippen molar-refractivity contribution < 1.29 is 9.18 Å². The van der Waals surface area contributed by atoms with E-state index in [1.54, 1.807) is 30.3 Å². The van der Waals surface area contributed by atoms with Gasteiger partial charge in [0.2, 0.25) is 0 Å². The highest BCUT2D eigenvalue weighted by atomic mass is 79.9. The molecule has 0 radical (unpaired) electrons. The quantitative estimate of drug-likeness (QED) is 0.767. The number of nitrogens with one attached hydrogen (secondary N) is 1. The minimum absolute atomic E-state index is 0.111. The van der Waals surface area contributed by atoms with Gasteiger partial charge >= 0.3 is 0 Å². The first-order chi connectivity index (χ1) is 9.47. The third kappa shape index (κ3) is 3.58. The van der Waals surface area contributed by atoms with E-state index >= 15 is 0 Å². The van der Waals surface area contributed by atoms with E-state index in [1.165, 1.54) is 6.07 Å². The fourth-order valence-electron chi connectivity index (χ4n) is 1.64. The summed E-state index contributed by atoms with van der Waals surface area (Å²) in [6.45, 7) is 0.111. The topological polar surface area (TPSA) is 55.1 Å². The van der Waals surface area contributed by atoms with Crippen molar-refractivity contribution in [1.82, 2.24) is 5.32 Å². The Morgan fingerprint density at radius 1 is 1.20 bits per heavy atom. The summed E-state index contributed by atoms with van der Waals surface area (Å²) in [5, 5.41) is 2.66. The molecule has 104 valence electrons. The lowest BCUT2D eigenvalue weighted by Crippen LogP contribution is -2.23. The van der Waals surface area contributed by atoms with E-state index in [0.29, 0.717) is 16.8 Å². The van der Waals surface area contributed by atoms with Gasteiger partial charge in [0.15, 0.2) is 0 Å². The summed E-state index contributed by atoms with van der Waals surface area (Å²) in [6.07, 6.45) is 0.